The maximum absolute atomic E-state index is 11.1. The number of amides is 1. The topological polar surface area (TPSA) is 44.7 Å². The van der Waals surface area contributed by atoms with Gasteiger partial charge >= 0.3 is 0 Å². The van der Waals surface area contributed by atoms with E-state index in [0.29, 0.717) is 18.7 Å². The molecular formula is C10H19N3O. The van der Waals surface area contributed by atoms with Crippen LogP contribution in [-0.2, 0) is 4.79 Å². The van der Waals surface area contributed by atoms with Crippen LogP contribution >= 0.6 is 0 Å². The van der Waals surface area contributed by atoms with Gasteiger partial charge in [-0.2, -0.15) is 0 Å². The van der Waals surface area contributed by atoms with Crippen LogP contribution in [0.5, 0.6) is 0 Å². The highest BCUT2D eigenvalue weighted by Crippen LogP contribution is 1.85. The molecule has 0 aliphatic rings. The van der Waals surface area contributed by atoms with Gasteiger partial charge in [-0.15, -0.1) is 0 Å². The first kappa shape index (κ1) is 12.7. The van der Waals surface area contributed by atoms with E-state index in [1.54, 1.807) is 6.92 Å². The van der Waals surface area contributed by atoms with Crippen LogP contribution in [-0.4, -0.2) is 43.8 Å². The molecule has 0 aromatic heterocycles. The number of hydrogen-bond donors (Lipinski definition) is 1. The van der Waals surface area contributed by atoms with Gasteiger partial charge in [-0.25, -0.2) is 0 Å². The average Bonchev–Trinajstić information content (AvgIpc) is 2.11. The molecular weight excluding hydrogens is 178 g/mol. The monoisotopic (exact) mass is 197 g/mol. The lowest BCUT2D eigenvalue weighted by Gasteiger charge is -2.11. The first-order valence-corrected chi connectivity index (χ1v) is 4.57. The molecule has 4 heteroatoms. The zero-order chi connectivity index (χ0) is 11.1. The van der Waals surface area contributed by atoms with E-state index in [0.717, 1.165) is 5.84 Å². The van der Waals surface area contributed by atoms with Crippen molar-refractivity contribution < 1.29 is 4.79 Å². The zero-order valence-electron chi connectivity index (χ0n) is 9.42. The molecule has 0 aliphatic heterocycles. The van der Waals surface area contributed by atoms with Gasteiger partial charge in [-0.05, 0) is 13.8 Å². The highest BCUT2D eigenvalue weighted by Gasteiger charge is 1.98. The van der Waals surface area contributed by atoms with E-state index in [-0.39, 0.29) is 5.91 Å². The van der Waals surface area contributed by atoms with Gasteiger partial charge in [-0.3, -0.25) is 9.79 Å². The first-order valence-electron chi connectivity index (χ1n) is 4.57. The van der Waals surface area contributed by atoms with Crippen LogP contribution in [0.2, 0.25) is 0 Å². The summed E-state index contributed by atoms with van der Waals surface area (Å²) >= 11 is 0. The van der Waals surface area contributed by atoms with E-state index in [4.69, 9.17) is 0 Å². The normalized spacial score (nSPS) is 11.0. The molecule has 0 aliphatic carbocycles. The van der Waals surface area contributed by atoms with E-state index < -0.39 is 0 Å². The lowest BCUT2D eigenvalue weighted by Crippen LogP contribution is -2.27. The minimum Gasteiger partial charge on any atom is -0.367 e. The van der Waals surface area contributed by atoms with Gasteiger partial charge in [-0.1, -0.05) is 6.58 Å². The van der Waals surface area contributed by atoms with Crippen LogP contribution in [0.15, 0.2) is 17.1 Å². The third-order valence-corrected chi connectivity index (χ3v) is 1.77. The Labute approximate surface area is 85.7 Å². The summed E-state index contributed by atoms with van der Waals surface area (Å²) < 4.78 is 0. The van der Waals surface area contributed by atoms with Crippen molar-refractivity contribution in [3.05, 3.63) is 12.2 Å². The summed E-state index contributed by atoms with van der Waals surface area (Å²) in [5, 5.41) is 2.71. The molecule has 0 unspecified atom stereocenters. The van der Waals surface area contributed by atoms with E-state index in [9.17, 15) is 4.79 Å². The Morgan fingerprint density at radius 1 is 1.43 bits per heavy atom. The SMILES string of the molecule is C=C(C)C(=O)NCCN=C(C)N(C)C. The number of rotatable bonds is 4. The molecule has 0 aromatic rings. The fourth-order valence-electron chi connectivity index (χ4n) is 0.679. The molecule has 1 amide bonds. The van der Waals surface area contributed by atoms with Gasteiger partial charge in [0.1, 0.15) is 0 Å². The van der Waals surface area contributed by atoms with E-state index in [2.05, 4.69) is 16.9 Å². The predicted octanol–water partition coefficient (Wildman–Crippen LogP) is 0.659. The minimum absolute atomic E-state index is 0.109. The van der Waals surface area contributed by atoms with Crippen molar-refractivity contribution in [1.82, 2.24) is 10.2 Å². The molecule has 0 rings (SSSR count). The van der Waals surface area contributed by atoms with E-state index in [1.807, 2.05) is 25.9 Å². The molecule has 4 nitrogen and oxygen atoms in total. The van der Waals surface area contributed by atoms with Crippen molar-refractivity contribution in [2.45, 2.75) is 13.8 Å². The molecule has 0 heterocycles. The molecule has 0 fully saturated rings. The third-order valence-electron chi connectivity index (χ3n) is 1.77. The second-order valence-corrected chi connectivity index (χ2v) is 3.36. The van der Waals surface area contributed by atoms with Crippen LogP contribution in [0, 0.1) is 0 Å². The average molecular weight is 197 g/mol. The van der Waals surface area contributed by atoms with Crippen molar-refractivity contribution in [3.8, 4) is 0 Å². The quantitative estimate of drug-likeness (QED) is 0.311. The summed E-state index contributed by atoms with van der Waals surface area (Å²) in [5.41, 5.74) is 0.526. The molecule has 80 valence electrons. The summed E-state index contributed by atoms with van der Waals surface area (Å²) in [6.07, 6.45) is 0. The fourth-order valence-corrected chi connectivity index (χ4v) is 0.679. The molecule has 0 saturated heterocycles. The minimum atomic E-state index is -0.109. The van der Waals surface area contributed by atoms with Crippen LogP contribution < -0.4 is 5.32 Å². The summed E-state index contributed by atoms with van der Waals surface area (Å²) in [6.45, 7) is 8.31. The van der Waals surface area contributed by atoms with Crippen molar-refractivity contribution in [2.24, 2.45) is 4.99 Å². The lowest BCUT2D eigenvalue weighted by atomic mass is 10.3. The smallest absolute Gasteiger partial charge is 0.246 e. The van der Waals surface area contributed by atoms with Crippen molar-refractivity contribution in [1.29, 1.82) is 0 Å². The number of amidine groups is 1. The number of aliphatic imine (C=N–C) groups is 1. The molecule has 0 bridgehead atoms. The third kappa shape index (κ3) is 5.35. The van der Waals surface area contributed by atoms with Crippen molar-refractivity contribution in [3.63, 3.8) is 0 Å². The summed E-state index contributed by atoms with van der Waals surface area (Å²) in [5.74, 6) is 0.845. The van der Waals surface area contributed by atoms with Gasteiger partial charge in [0.05, 0.1) is 12.4 Å². The molecule has 1 N–H and O–H groups in total. The maximum Gasteiger partial charge on any atom is 0.246 e. The number of carbonyl (C=O) groups excluding carboxylic acids is 1. The van der Waals surface area contributed by atoms with E-state index >= 15 is 0 Å². The summed E-state index contributed by atoms with van der Waals surface area (Å²) in [7, 11) is 3.87. The largest absolute Gasteiger partial charge is 0.367 e. The van der Waals surface area contributed by atoms with Gasteiger partial charge in [0, 0.05) is 26.2 Å². The molecule has 14 heavy (non-hydrogen) atoms. The Morgan fingerprint density at radius 2 is 2.00 bits per heavy atom. The highest BCUT2D eigenvalue weighted by molar-refractivity contribution is 5.92. The Morgan fingerprint density at radius 3 is 2.43 bits per heavy atom. The molecule has 0 saturated carbocycles. The first-order chi connectivity index (χ1) is 6.45. The Balaban J connectivity index is 3.71. The molecule has 0 atom stereocenters. The highest BCUT2D eigenvalue weighted by atomic mass is 16.1. The summed E-state index contributed by atoms with van der Waals surface area (Å²) in [4.78, 5) is 17.2. The summed E-state index contributed by atoms with van der Waals surface area (Å²) in [6, 6.07) is 0. The van der Waals surface area contributed by atoms with E-state index in [1.165, 1.54) is 0 Å². The number of nitrogens with one attached hydrogen (secondary N) is 1. The van der Waals surface area contributed by atoms with Crippen LogP contribution in [0.4, 0.5) is 0 Å². The lowest BCUT2D eigenvalue weighted by molar-refractivity contribution is -0.117. The second-order valence-electron chi connectivity index (χ2n) is 3.36. The second kappa shape index (κ2) is 6.18. The predicted molar refractivity (Wildman–Crippen MR) is 59.5 cm³/mol. The Kier molecular flexibility index (Phi) is 5.60. The Hall–Kier alpha value is -1.32. The van der Waals surface area contributed by atoms with Gasteiger partial charge in [0.2, 0.25) is 5.91 Å². The van der Waals surface area contributed by atoms with Gasteiger partial charge in [0.25, 0.3) is 0 Å². The zero-order valence-corrected chi connectivity index (χ0v) is 9.42. The van der Waals surface area contributed by atoms with Crippen LogP contribution in [0.1, 0.15) is 13.8 Å². The van der Waals surface area contributed by atoms with Crippen LogP contribution in [0.3, 0.4) is 0 Å². The number of nitrogens with zero attached hydrogens (tertiary/aromatic N) is 2. The standard InChI is InChI=1S/C10H19N3O/c1-8(2)10(14)12-7-6-11-9(3)13(4)5/h1,6-7H2,2-5H3,(H,12,14). The van der Waals surface area contributed by atoms with Crippen LogP contribution in [0.25, 0.3) is 0 Å². The fraction of sp³-hybridized carbons (Fsp3) is 0.600. The van der Waals surface area contributed by atoms with Crippen molar-refractivity contribution >= 4 is 11.7 Å². The maximum atomic E-state index is 11.1. The Bertz CT molecular complexity index is 244. The molecule has 0 radical (unpaired) electrons. The van der Waals surface area contributed by atoms with Gasteiger partial charge in [0.15, 0.2) is 0 Å². The van der Waals surface area contributed by atoms with Gasteiger partial charge < -0.3 is 10.2 Å². The number of carbonyl (C=O) groups is 1. The van der Waals surface area contributed by atoms with Crippen molar-refractivity contribution in [2.75, 3.05) is 27.2 Å². The molecule has 0 spiro atoms. The molecule has 0 aromatic carbocycles. The number of hydrogen-bond acceptors (Lipinski definition) is 2.